The summed E-state index contributed by atoms with van der Waals surface area (Å²) in [5.74, 6) is -1.29. The van der Waals surface area contributed by atoms with Gasteiger partial charge in [-0.05, 0) is 24.8 Å². The van der Waals surface area contributed by atoms with Crippen LogP contribution in [0.5, 0.6) is 0 Å². The molecule has 0 spiro atoms. The van der Waals surface area contributed by atoms with Crippen molar-refractivity contribution in [1.29, 1.82) is 0 Å². The van der Waals surface area contributed by atoms with Gasteiger partial charge < -0.3 is 14.6 Å². The Labute approximate surface area is 118 Å². The third kappa shape index (κ3) is 2.57. The molecule has 0 saturated heterocycles. The fraction of sp³-hybridized carbons (Fsp3) is 0.600. The predicted molar refractivity (Wildman–Crippen MR) is 71.8 cm³/mol. The molecule has 1 aliphatic carbocycles. The number of hydrogen-bond acceptors (Lipinski definition) is 5. The Morgan fingerprint density at radius 3 is 2.80 bits per heavy atom. The van der Waals surface area contributed by atoms with Crippen LogP contribution < -0.4 is 0 Å². The molecule has 0 amide bonds. The lowest BCUT2D eigenvalue weighted by Gasteiger charge is -2.41. The number of carbonyl (C=O) groups excluding carboxylic acids is 2. The van der Waals surface area contributed by atoms with E-state index in [0.29, 0.717) is 12.8 Å². The first-order valence-corrected chi connectivity index (χ1v) is 6.84. The Morgan fingerprint density at radius 2 is 2.25 bits per heavy atom. The molecule has 0 unspecified atom stereocenters. The lowest BCUT2D eigenvalue weighted by atomic mass is 9.65. The van der Waals surface area contributed by atoms with Crippen molar-refractivity contribution in [3.8, 4) is 0 Å². The normalized spacial score (nSPS) is 28.4. The van der Waals surface area contributed by atoms with Crippen molar-refractivity contribution in [3.05, 3.63) is 23.5 Å². The SMILES string of the molecule is CCOC(=O)C1=C(O)CCC(C)(C)[C@@H]1[C@H]1C=CC(=O)O1. The van der Waals surface area contributed by atoms with E-state index in [2.05, 4.69) is 0 Å². The Hall–Kier alpha value is -1.78. The smallest absolute Gasteiger partial charge is 0.337 e. The first-order chi connectivity index (χ1) is 9.36. The zero-order valence-corrected chi connectivity index (χ0v) is 12.0. The minimum Gasteiger partial charge on any atom is -0.512 e. The van der Waals surface area contributed by atoms with E-state index in [0.717, 1.165) is 0 Å². The van der Waals surface area contributed by atoms with Crippen LogP contribution in [-0.4, -0.2) is 29.8 Å². The molecular weight excluding hydrogens is 260 g/mol. The molecule has 2 aliphatic rings. The van der Waals surface area contributed by atoms with E-state index in [4.69, 9.17) is 9.47 Å². The number of hydrogen-bond donors (Lipinski definition) is 1. The van der Waals surface area contributed by atoms with Gasteiger partial charge in [0.25, 0.3) is 0 Å². The Kier molecular flexibility index (Phi) is 3.88. The average Bonchev–Trinajstić information content (AvgIpc) is 2.78. The number of cyclic esters (lactones) is 1. The minimum absolute atomic E-state index is 0.0455. The van der Waals surface area contributed by atoms with E-state index < -0.39 is 24.0 Å². The molecule has 0 aromatic rings. The fourth-order valence-electron chi connectivity index (χ4n) is 2.93. The van der Waals surface area contributed by atoms with Gasteiger partial charge in [-0.1, -0.05) is 13.8 Å². The van der Waals surface area contributed by atoms with Gasteiger partial charge in [-0.15, -0.1) is 0 Å². The molecule has 2 rings (SSSR count). The number of carbonyl (C=O) groups is 2. The number of esters is 2. The molecule has 1 heterocycles. The highest BCUT2D eigenvalue weighted by Crippen LogP contribution is 2.47. The monoisotopic (exact) mass is 280 g/mol. The number of ether oxygens (including phenoxy) is 2. The van der Waals surface area contributed by atoms with Crippen molar-refractivity contribution in [3.63, 3.8) is 0 Å². The molecule has 0 bridgehead atoms. The molecule has 5 heteroatoms. The summed E-state index contributed by atoms with van der Waals surface area (Å²) < 4.78 is 10.3. The number of rotatable bonds is 3. The second-order valence-electron chi connectivity index (χ2n) is 5.81. The Morgan fingerprint density at radius 1 is 1.55 bits per heavy atom. The topological polar surface area (TPSA) is 72.8 Å². The van der Waals surface area contributed by atoms with E-state index in [1.165, 1.54) is 6.08 Å². The lowest BCUT2D eigenvalue weighted by Crippen LogP contribution is -2.41. The zero-order valence-electron chi connectivity index (χ0n) is 12.0. The van der Waals surface area contributed by atoms with Crippen LogP contribution in [0, 0.1) is 11.3 Å². The molecule has 0 aromatic carbocycles. The molecule has 0 aromatic heterocycles. The van der Waals surface area contributed by atoms with Gasteiger partial charge in [-0.3, -0.25) is 0 Å². The highest BCUT2D eigenvalue weighted by Gasteiger charge is 2.47. The van der Waals surface area contributed by atoms with Gasteiger partial charge in [0.15, 0.2) is 0 Å². The molecule has 1 aliphatic heterocycles. The second-order valence-corrected chi connectivity index (χ2v) is 5.81. The van der Waals surface area contributed by atoms with Crippen LogP contribution in [0.25, 0.3) is 0 Å². The van der Waals surface area contributed by atoms with E-state index in [-0.39, 0.29) is 23.4 Å². The third-order valence-corrected chi connectivity index (χ3v) is 3.97. The van der Waals surface area contributed by atoms with Gasteiger partial charge >= 0.3 is 11.9 Å². The third-order valence-electron chi connectivity index (χ3n) is 3.97. The first kappa shape index (κ1) is 14.6. The summed E-state index contributed by atoms with van der Waals surface area (Å²) in [6.07, 6.45) is 3.62. The van der Waals surface area contributed by atoms with Crippen molar-refractivity contribution in [2.75, 3.05) is 6.61 Å². The summed E-state index contributed by atoms with van der Waals surface area (Å²) in [7, 11) is 0. The first-order valence-electron chi connectivity index (χ1n) is 6.84. The number of aliphatic hydroxyl groups is 1. The van der Waals surface area contributed by atoms with Gasteiger partial charge in [0.2, 0.25) is 0 Å². The Balaban J connectivity index is 2.39. The maximum atomic E-state index is 12.1. The molecule has 1 N–H and O–H groups in total. The van der Waals surface area contributed by atoms with Crippen LogP contribution in [0.1, 0.15) is 33.6 Å². The summed E-state index contributed by atoms with van der Waals surface area (Å²) in [6, 6.07) is 0. The van der Waals surface area contributed by atoms with Gasteiger partial charge in [0.1, 0.15) is 11.9 Å². The average molecular weight is 280 g/mol. The van der Waals surface area contributed by atoms with Gasteiger partial charge in [-0.25, -0.2) is 9.59 Å². The van der Waals surface area contributed by atoms with Crippen LogP contribution in [0.2, 0.25) is 0 Å². The maximum Gasteiger partial charge on any atom is 0.337 e. The van der Waals surface area contributed by atoms with Gasteiger partial charge in [0, 0.05) is 18.4 Å². The molecule has 0 radical (unpaired) electrons. The van der Waals surface area contributed by atoms with E-state index >= 15 is 0 Å². The maximum absolute atomic E-state index is 12.1. The number of aliphatic hydroxyl groups excluding tert-OH is 1. The van der Waals surface area contributed by atoms with Crippen molar-refractivity contribution in [2.24, 2.45) is 11.3 Å². The highest BCUT2D eigenvalue weighted by molar-refractivity contribution is 5.91. The van der Waals surface area contributed by atoms with E-state index in [1.807, 2.05) is 13.8 Å². The molecule has 0 saturated carbocycles. The van der Waals surface area contributed by atoms with Crippen molar-refractivity contribution < 1.29 is 24.2 Å². The molecule has 0 fully saturated rings. The molecule has 5 nitrogen and oxygen atoms in total. The standard InChI is InChI=1S/C15H20O5/c1-4-19-14(18)12-9(16)7-8-15(2,3)13(12)10-5-6-11(17)20-10/h5-6,10,13,16H,4,7-8H2,1-3H3/t10-,13-/m1/s1. The lowest BCUT2D eigenvalue weighted by molar-refractivity contribution is -0.146. The van der Waals surface area contributed by atoms with Gasteiger partial charge in [0.05, 0.1) is 12.2 Å². The quantitative estimate of drug-likeness (QED) is 0.803. The van der Waals surface area contributed by atoms with Crippen molar-refractivity contribution in [2.45, 2.75) is 39.7 Å². The summed E-state index contributed by atoms with van der Waals surface area (Å²) in [4.78, 5) is 23.4. The summed E-state index contributed by atoms with van der Waals surface area (Å²) in [6.45, 7) is 5.96. The summed E-state index contributed by atoms with van der Waals surface area (Å²) >= 11 is 0. The summed E-state index contributed by atoms with van der Waals surface area (Å²) in [5, 5.41) is 10.1. The van der Waals surface area contributed by atoms with Crippen LogP contribution in [-0.2, 0) is 19.1 Å². The predicted octanol–water partition coefficient (Wildman–Crippen LogP) is 2.28. The summed E-state index contributed by atoms with van der Waals surface area (Å²) in [5.41, 5.74) is -0.0269. The highest BCUT2D eigenvalue weighted by atomic mass is 16.5. The van der Waals surface area contributed by atoms with Crippen molar-refractivity contribution >= 4 is 11.9 Å². The van der Waals surface area contributed by atoms with Crippen molar-refractivity contribution in [1.82, 2.24) is 0 Å². The second kappa shape index (κ2) is 5.31. The van der Waals surface area contributed by atoms with Gasteiger partial charge in [-0.2, -0.15) is 0 Å². The zero-order chi connectivity index (χ0) is 14.9. The van der Waals surface area contributed by atoms with Crippen LogP contribution in [0.4, 0.5) is 0 Å². The Bertz CT molecular complexity index is 486. The molecule has 2 atom stereocenters. The molecule has 110 valence electrons. The largest absolute Gasteiger partial charge is 0.512 e. The molecular formula is C15H20O5. The minimum atomic E-state index is -0.529. The van der Waals surface area contributed by atoms with E-state index in [9.17, 15) is 14.7 Å². The van der Waals surface area contributed by atoms with Crippen LogP contribution in [0.3, 0.4) is 0 Å². The van der Waals surface area contributed by atoms with Crippen LogP contribution >= 0.6 is 0 Å². The molecule has 20 heavy (non-hydrogen) atoms. The van der Waals surface area contributed by atoms with Crippen LogP contribution in [0.15, 0.2) is 23.5 Å². The van der Waals surface area contributed by atoms with E-state index in [1.54, 1.807) is 13.0 Å². The fourth-order valence-corrected chi connectivity index (χ4v) is 2.93. The number of allylic oxidation sites excluding steroid dienone is 1.